The first-order valence-electron chi connectivity index (χ1n) is 20.1. The van der Waals surface area contributed by atoms with E-state index in [4.69, 9.17) is 30.8 Å². The summed E-state index contributed by atoms with van der Waals surface area (Å²) in [7, 11) is 0. The Bertz CT molecular complexity index is 2420. The number of fused-ring (bicyclic) bond motifs is 4. The lowest BCUT2D eigenvalue weighted by Gasteiger charge is -2.27. The van der Waals surface area contributed by atoms with Crippen molar-refractivity contribution >= 4 is 69.8 Å². The van der Waals surface area contributed by atoms with Gasteiger partial charge in [-0.2, -0.15) is 0 Å². The van der Waals surface area contributed by atoms with Gasteiger partial charge < -0.3 is 30.2 Å². The van der Waals surface area contributed by atoms with Crippen LogP contribution >= 0.6 is 22.9 Å². The number of aryl methyl sites for hydroxylation is 2. The van der Waals surface area contributed by atoms with Gasteiger partial charge in [-0.25, -0.2) is 0 Å². The van der Waals surface area contributed by atoms with Crippen molar-refractivity contribution in [3.63, 3.8) is 0 Å². The molecule has 6 amide bonds. The van der Waals surface area contributed by atoms with E-state index in [1.807, 2.05) is 35.8 Å². The number of benzene rings is 2. The number of halogens is 1. The Labute approximate surface area is 365 Å². The number of piperidine rings is 1. The van der Waals surface area contributed by atoms with Crippen molar-refractivity contribution < 1.29 is 43.0 Å². The van der Waals surface area contributed by atoms with Crippen LogP contribution in [0.25, 0.3) is 5.00 Å². The van der Waals surface area contributed by atoms with Gasteiger partial charge in [-0.05, 0) is 57.0 Å². The number of hydrogen-bond acceptors (Lipinski definition) is 14. The average molecular weight is 888 g/mol. The number of nitrogens with zero attached hydrogens (tertiary/aromatic N) is 5. The topological polar surface area (TPSA) is 225 Å². The molecule has 18 nitrogen and oxygen atoms in total. The predicted molar refractivity (Wildman–Crippen MR) is 228 cm³/mol. The molecule has 326 valence electrons. The summed E-state index contributed by atoms with van der Waals surface area (Å²) < 4.78 is 18.6. The van der Waals surface area contributed by atoms with E-state index in [1.165, 1.54) is 6.07 Å². The summed E-state index contributed by atoms with van der Waals surface area (Å²) in [5.41, 5.74) is 4.47. The molecule has 4 aromatic rings. The quantitative estimate of drug-likeness (QED) is 0.0788. The Balaban J connectivity index is 0.761. The largest absolute Gasteiger partial charge is 0.383 e. The number of rotatable bonds is 19. The van der Waals surface area contributed by atoms with E-state index < -0.39 is 35.7 Å². The molecule has 20 heteroatoms. The number of anilines is 1. The van der Waals surface area contributed by atoms with Gasteiger partial charge >= 0.3 is 0 Å². The zero-order valence-electron chi connectivity index (χ0n) is 34.4. The minimum Gasteiger partial charge on any atom is -0.383 e. The molecule has 7 rings (SSSR count). The van der Waals surface area contributed by atoms with Crippen molar-refractivity contribution in [3.05, 3.63) is 91.8 Å². The summed E-state index contributed by atoms with van der Waals surface area (Å²) in [5.74, 6) is -1.58. The first-order valence-corrected chi connectivity index (χ1v) is 21.3. The van der Waals surface area contributed by atoms with Crippen LogP contribution in [0.5, 0.6) is 0 Å². The number of carbonyl (C=O) groups is 6. The van der Waals surface area contributed by atoms with Gasteiger partial charge in [0.15, 0.2) is 5.82 Å². The van der Waals surface area contributed by atoms with Crippen LogP contribution in [0.15, 0.2) is 47.5 Å². The SMILES string of the molecule is Cc1sc2c(c1C)C(c1ccc(Cl)cc1)=N[C@@H](CC(=O)NCCOCCOCCOCC(=O)NCCNc1cccc3c1C(=O)N(C1CCC(=O)NC1=O)C3=O)c1nnc(C)n1-2. The lowest BCUT2D eigenvalue weighted by molar-refractivity contribution is -0.136. The Morgan fingerprint density at radius 1 is 0.855 bits per heavy atom. The molecule has 2 atom stereocenters. The third-order valence-corrected chi connectivity index (χ3v) is 12.0. The highest BCUT2D eigenvalue weighted by Crippen LogP contribution is 2.40. The molecule has 5 heterocycles. The van der Waals surface area contributed by atoms with E-state index in [1.54, 1.807) is 23.5 Å². The minimum atomic E-state index is -1.06. The molecule has 0 bridgehead atoms. The number of nitrogens with one attached hydrogen (secondary N) is 4. The lowest BCUT2D eigenvalue weighted by atomic mass is 9.99. The van der Waals surface area contributed by atoms with Crippen LogP contribution in [0.3, 0.4) is 0 Å². The second kappa shape index (κ2) is 19.9. The molecule has 0 spiro atoms. The van der Waals surface area contributed by atoms with Crippen molar-refractivity contribution in [2.45, 2.75) is 52.1 Å². The van der Waals surface area contributed by atoms with Gasteiger partial charge in [0.05, 0.1) is 56.3 Å². The molecule has 3 aliphatic heterocycles. The van der Waals surface area contributed by atoms with Gasteiger partial charge in [0.25, 0.3) is 11.8 Å². The van der Waals surface area contributed by atoms with E-state index in [0.29, 0.717) is 42.1 Å². The highest BCUT2D eigenvalue weighted by Gasteiger charge is 2.45. The van der Waals surface area contributed by atoms with Gasteiger partial charge in [-0.1, -0.05) is 29.8 Å². The zero-order valence-corrected chi connectivity index (χ0v) is 36.0. The number of imide groups is 2. The number of aromatic nitrogens is 3. The van der Waals surface area contributed by atoms with E-state index in [9.17, 15) is 28.8 Å². The summed E-state index contributed by atoms with van der Waals surface area (Å²) in [5, 5.41) is 21.3. The molecular weight excluding hydrogens is 842 g/mol. The zero-order chi connectivity index (χ0) is 43.9. The number of carbonyl (C=O) groups excluding carboxylic acids is 6. The van der Waals surface area contributed by atoms with Gasteiger partial charge in [0.1, 0.15) is 29.5 Å². The summed E-state index contributed by atoms with van der Waals surface area (Å²) in [6, 6.07) is 10.6. The molecular formula is C42H46ClN9O9S. The van der Waals surface area contributed by atoms with E-state index in [0.717, 1.165) is 37.2 Å². The maximum absolute atomic E-state index is 13.2. The molecule has 2 aromatic carbocycles. The summed E-state index contributed by atoms with van der Waals surface area (Å²) in [6.45, 7) is 7.89. The maximum Gasteiger partial charge on any atom is 0.264 e. The van der Waals surface area contributed by atoms with Gasteiger partial charge in [-0.3, -0.25) is 48.5 Å². The van der Waals surface area contributed by atoms with Crippen molar-refractivity contribution in [3.8, 4) is 5.00 Å². The Morgan fingerprint density at radius 2 is 1.58 bits per heavy atom. The minimum absolute atomic E-state index is 0.0305. The third-order valence-electron chi connectivity index (χ3n) is 10.5. The van der Waals surface area contributed by atoms with Gasteiger partial charge in [0.2, 0.25) is 23.6 Å². The van der Waals surface area contributed by atoms with Gasteiger partial charge in [0, 0.05) is 52.8 Å². The van der Waals surface area contributed by atoms with Crippen LogP contribution < -0.4 is 21.3 Å². The molecule has 4 N–H and O–H groups in total. The monoisotopic (exact) mass is 887 g/mol. The van der Waals surface area contributed by atoms with Crippen LogP contribution in [0.4, 0.5) is 5.69 Å². The Hall–Kier alpha value is -5.86. The van der Waals surface area contributed by atoms with Crippen LogP contribution in [-0.4, -0.2) is 126 Å². The van der Waals surface area contributed by atoms with Crippen LogP contribution in [-0.2, 0) is 33.4 Å². The fourth-order valence-electron chi connectivity index (χ4n) is 7.36. The fourth-order valence-corrected chi connectivity index (χ4v) is 8.70. The van der Waals surface area contributed by atoms with Gasteiger partial charge in [-0.15, -0.1) is 21.5 Å². The molecule has 0 radical (unpaired) electrons. The van der Waals surface area contributed by atoms with Crippen LogP contribution in [0.2, 0.25) is 5.02 Å². The Kier molecular flexibility index (Phi) is 14.2. The van der Waals surface area contributed by atoms with E-state index in [-0.39, 0.29) is 81.7 Å². The van der Waals surface area contributed by atoms with Crippen molar-refractivity contribution in [1.29, 1.82) is 0 Å². The molecule has 3 aliphatic rings. The lowest BCUT2D eigenvalue weighted by Crippen LogP contribution is -2.54. The van der Waals surface area contributed by atoms with E-state index >= 15 is 0 Å². The fraction of sp³-hybridized carbons (Fsp3) is 0.405. The summed E-state index contributed by atoms with van der Waals surface area (Å²) in [4.78, 5) is 82.8. The standard InChI is InChI=1S/C42H46ClN9O9S/c1-23-24(2)62-42-35(23)37(26-7-9-27(43)10-8-26)47-30(38-50-49-25(3)51(38)42)21-33(54)46-15-16-59-17-18-60-19-20-61-22-34(55)45-14-13-44-29-6-4-5-28-36(29)41(58)52(40(28)57)31-11-12-32(53)48-39(31)56/h4-10,30-31,44H,11-22H2,1-3H3,(H,45,55)(H,46,54)(H,48,53,56)/t30-,31?/m0/s1. The summed E-state index contributed by atoms with van der Waals surface area (Å²) >= 11 is 7.86. The molecule has 0 saturated carbocycles. The number of amides is 6. The average Bonchev–Trinajstić information content (AvgIpc) is 3.82. The maximum atomic E-state index is 13.2. The Morgan fingerprint density at radius 3 is 2.34 bits per heavy atom. The number of hydrogen-bond donors (Lipinski definition) is 4. The van der Waals surface area contributed by atoms with E-state index in [2.05, 4.69) is 45.3 Å². The number of thiophene rings is 1. The van der Waals surface area contributed by atoms with Crippen molar-refractivity contribution in [2.75, 3.05) is 64.6 Å². The summed E-state index contributed by atoms with van der Waals surface area (Å²) in [6.07, 6.45) is 0.159. The molecule has 1 fully saturated rings. The second-order valence-corrected chi connectivity index (χ2v) is 16.3. The second-order valence-electron chi connectivity index (χ2n) is 14.7. The number of ether oxygens (including phenoxy) is 3. The normalized spacial score (nSPS) is 16.9. The van der Waals surface area contributed by atoms with Crippen molar-refractivity contribution in [2.24, 2.45) is 4.99 Å². The molecule has 1 unspecified atom stereocenters. The first kappa shape index (κ1) is 44.2. The first-order chi connectivity index (χ1) is 29.9. The smallest absolute Gasteiger partial charge is 0.264 e. The molecule has 1 saturated heterocycles. The van der Waals surface area contributed by atoms with Crippen LogP contribution in [0.1, 0.15) is 79.2 Å². The highest BCUT2D eigenvalue weighted by atomic mass is 35.5. The highest BCUT2D eigenvalue weighted by molar-refractivity contribution is 7.15. The van der Waals surface area contributed by atoms with Crippen LogP contribution in [0, 0.1) is 20.8 Å². The third kappa shape index (κ3) is 9.76. The molecule has 2 aromatic heterocycles. The predicted octanol–water partition coefficient (Wildman–Crippen LogP) is 2.99. The molecule has 62 heavy (non-hydrogen) atoms. The van der Waals surface area contributed by atoms with Crippen molar-refractivity contribution in [1.82, 2.24) is 35.6 Å². The molecule has 0 aliphatic carbocycles. The number of aliphatic imine (C=N–C) groups is 1.